The molecule has 0 aliphatic rings. The smallest absolute Gasteiger partial charge is 0.269 e. The van der Waals surface area contributed by atoms with Crippen LogP contribution in [-0.4, -0.2) is 4.92 Å². The first kappa shape index (κ1) is 11.7. The van der Waals surface area contributed by atoms with E-state index < -0.39 is 4.92 Å². The summed E-state index contributed by atoms with van der Waals surface area (Å²) in [5.41, 5.74) is 0.792. The zero-order chi connectivity index (χ0) is 13.0. The van der Waals surface area contributed by atoms with Crippen LogP contribution in [0.2, 0.25) is 0 Å². The van der Waals surface area contributed by atoms with Gasteiger partial charge in [-0.3, -0.25) is 10.1 Å². The Bertz CT molecular complexity index is 596. The van der Waals surface area contributed by atoms with Gasteiger partial charge in [0.2, 0.25) is 5.76 Å². The SMILES string of the molecule is N#Cc1ccc(CNc2ccc([N+](=O)[O-])cc2)o1. The van der Waals surface area contributed by atoms with Crippen LogP contribution in [0.5, 0.6) is 0 Å². The van der Waals surface area contributed by atoms with Gasteiger partial charge in [-0.2, -0.15) is 5.26 Å². The molecule has 6 nitrogen and oxygen atoms in total. The molecule has 6 heteroatoms. The highest BCUT2D eigenvalue weighted by molar-refractivity contribution is 5.48. The van der Waals surface area contributed by atoms with Crippen molar-refractivity contribution in [1.29, 1.82) is 5.26 Å². The standard InChI is InChI=1S/C12H9N3O3/c13-7-11-5-6-12(18-11)8-14-9-1-3-10(4-2-9)15(16)17/h1-6,14H,8H2. The van der Waals surface area contributed by atoms with Gasteiger partial charge in [-0.15, -0.1) is 0 Å². The zero-order valence-electron chi connectivity index (χ0n) is 9.29. The Kier molecular flexibility index (Phi) is 3.25. The molecule has 0 unspecified atom stereocenters. The average molecular weight is 243 g/mol. The van der Waals surface area contributed by atoms with Crippen LogP contribution in [0.25, 0.3) is 0 Å². The van der Waals surface area contributed by atoms with E-state index in [1.165, 1.54) is 12.1 Å². The summed E-state index contributed by atoms with van der Waals surface area (Å²) in [6, 6.07) is 11.3. The van der Waals surface area contributed by atoms with Crippen LogP contribution in [0, 0.1) is 21.4 Å². The number of nitriles is 1. The van der Waals surface area contributed by atoms with Crippen molar-refractivity contribution < 1.29 is 9.34 Å². The van der Waals surface area contributed by atoms with Crippen molar-refractivity contribution in [3.05, 3.63) is 58.0 Å². The lowest BCUT2D eigenvalue weighted by Crippen LogP contribution is -1.98. The van der Waals surface area contributed by atoms with Crippen LogP contribution in [0.15, 0.2) is 40.8 Å². The number of furan rings is 1. The maximum Gasteiger partial charge on any atom is 0.269 e. The van der Waals surface area contributed by atoms with Gasteiger partial charge in [-0.25, -0.2) is 0 Å². The van der Waals surface area contributed by atoms with E-state index in [-0.39, 0.29) is 11.4 Å². The fourth-order valence-electron chi connectivity index (χ4n) is 1.42. The Labute approximate surface area is 103 Å². The second kappa shape index (κ2) is 5.01. The van der Waals surface area contributed by atoms with Crippen molar-refractivity contribution in [2.24, 2.45) is 0 Å². The molecule has 1 heterocycles. The molecule has 0 atom stereocenters. The molecule has 2 aromatic rings. The second-order valence-corrected chi connectivity index (χ2v) is 3.54. The molecule has 0 aliphatic carbocycles. The molecule has 90 valence electrons. The minimum absolute atomic E-state index is 0.0466. The molecule has 2 rings (SSSR count). The quantitative estimate of drug-likeness (QED) is 0.658. The normalized spacial score (nSPS) is 9.72. The molecule has 0 bridgehead atoms. The first-order chi connectivity index (χ1) is 8.69. The van der Waals surface area contributed by atoms with E-state index in [9.17, 15) is 10.1 Å². The van der Waals surface area contributed by atoms with E-state index in [0.29, 0.717) is 12.3 Å². The van der Waals surface area contributed by atoms with E-state index in [1.807, 2.05) is 6.07 Å². The Hall–Kier alpha value is -2.81. The predicted octanol–water partition coefficient (Wildman–Crippen LogP) is 2.67. The first-order valence-corrected chi connectivity index (χ1v) is 5.16. The van der Waals surface area contributed by atoms with Gasteiger partial charge in [0.25, 0.3) is 5.69 Å². The van der Waals surface area contributed by atoms with Gasteiger partial charge in [0.05, 0.1) is 11.5 Å². The molecule has 0 saturated carbocycles. The highest BCUT2D eigenvalue weighted by Gasteiger charge is 2.04. The monoisotopic (exact) mass is 243 g/mol. The summed E-state index contributed by atoms with van der Waals surface area (Å²) in [7, 11) is 0. The third-order valence-electron chi connectivity index (χ3n) is 2.32. The van der Waals surface area contributed by atoms with E-state index in [2.05, 4.69) is 5.32 Å². The summed E-state index contributed by atoms with van der Waals surface area (Å²) < 4.78 is 5.18. The van der Waals surface area contributed by atoms with Gasteiger partial charge in [-0.1, -0.05) is 0 Å². The van der Waals surface area contributed by atoms with Crippen molar-refractivity contribution in [2.75, 3.05) is 5.32 Å². The molecule has 0 aliphatic heterocycles. The number of non-ortho nitro benzene ring substituents is 1. The molecular weight excluding hydrogens is 234 g/mol. The molecule has 0 saturated heterocycles. The van der Waals surface area contributed by atoms with E-state index in [1.54, 1.807) is 24.3 Å². The van der Waals surface area contributed by atoms with Gasteiger partial charge in [0, 0.05) is 17.8 Å². The third kappa shape index (κ3) is 2.65. The number of benzene rings is 1. The van der Waals surface area contributed by atoms with Crippen LogP contribution in [0.1, 0.15) is 11.5 Å². The van der Waals surface area contributed by atoms with Gasteiger partial charge >= 0.3 is 0 Å². The average Bonchev–Trinajstić information content (AvgIpc) is 2.85. The van der Waals surface area contributed by atoms with Crippen LogP contribution in [0.4, 0.5) is 11.4 Å². The predicted molar refractivity (Wildman–Crippen MR) is 63.8 cm³/mol. The van der Waals surface area contributed by atoms with Crippen molar-refractivity contribution in [1.82, 2.24) is 0 Å². The van der Waals surface area contributed by atoms with Gasteiger partial charge in [0.15, 0.2) is 0 Å². The number of nitro groups is 1. The van der Waals surface area contributed by atoms with Crippen LogP contribution in [-0.2, 0) is 6.54 Å². The van der Waals surface area contributed by atoms with Crippen LogP contribution >= 0.6 is 0 Å². The number of nitro benzene ring substituents is 1. The number of hydrogen-bond acceptors (Lipinski definition) is 5. The van der Waals surface area contributed by atoms with Crippen LogP contribution < -0.4 is 5.32 Å². The minimum Gasteiger partial charge on any atom is -0.449 e. The van der Waals surface area contributed by atoms with Crippen molar-refractivity contribution in [3.8, 4) is 6.07 Å². The molecule has 1 aromatic heterocycles. The largest absolute Gasteiger partial charge is 0.449 e. The fourth-order valence-corrected chi connectivity index (χ4v) is 1.42. The first-order valence-electron chi connectivity index (χ1n) is 5.16. The highest BCUT2D eigenvalue weighted by atomic mass is 16.6. The molecular formula is C12H9N3O3. The highest BCUT2D eigenvalue weighted by Crippen LogP contribution is 2.16. The third-order valence-corrected chi connectivity index (χ3v) is 2.32. The summed E-state index contributed by atoms with van der Waals surface area (Å²) in [6.07, 6.45) is 0. The lowest BCUT2D eigenvalue weighted by molar-refractivity contribution is -0.384. The number of rotatable bonds is 4. The minimum atomic E-state index is -0.449. The lowest BCUT2D eigenvalue weighted by atomic mass is 10.3. The van der Waals surface area contributed by atoms with Gasteiger partial charge in [-0.05, 0) is 24.3 Å². The summed E-state index contributed by atoms with van der Waals surface area (Å²) in [6.45, 7) is 0.416. The van der Waals surface area contributed by atoms with E-state index in [4.69, 9.17) is 9.68 Å². The number of anilines is 1. The Balaban J connectivity index is 1.98. The molecule has 1 N–H and O–H groups in total. The maximum absolute atomic E-state index is 10.5. The summed E-state index contributed by atoms with van der Waals surface area (Å²) >= 11 is 0. The molecule has 0 radical (unpaired) electrons. The number of nitrogens with one attached hydrogen (secondary N) is 1. The molecule has 1 aromatic carbocycles. The topological polar surface area (TPSA) is 92.1 Å². The Morgan fingerprint density at radius 2 is 2.00 bits per heavy atom. The van der Waals surface area contributed by atoms with Crippen molar-refractivity contribution in [2.45, 2.75) is 6.54 Å². The van der Waals surface area contributed by atoms with E-state index >= 15 is 0 Å². The summed E-state index contributed by atoms with van der Waals surface area (Å²) in [5, 5.41) is 22.1. The summed E-state index contributed by atoms with van der Waals surface area (Å²) in [5.74, 6) is 0.889. The van der Waals surface area contributed by atoms with Gasteiger partial charge < -0.3 is 9.73 Å². The Morgan fingerprint density at radius 3 is 2.56 bits per heavy atom. The molecule has 0 fully saturated rings. The number of nitrogens with zero attached hydrogens (tertiary/aromatic N) is 2. The fraction of sp³-hybridized carbons (Fsp3) is 0.0833. The van der Waals surface area contributed by atoms with Crippen molar-refractivity contribution >= 4 is 11.4 Å². The Morgan fingerprint density at radius 1 is 1.28 bits per heavy atom. The molecule has 18 heavy (non-hydrogen) atoms. The molecule has 0 spiro atoms. The second-order valence-electron chi connectivity index (χ2n) is 3.54. The summed E-state index contributed by atoms with van der Waals surface area (Å²) in [4.78, 5) is 10.0. The molecule has 0 amide bonds. The lowest BCUT2D eigenvalue weighted by Gasteiger charge is -2.03. The van der Waals surface area contributed by atoms with E-state index in [0.717, 1.165) is 5.69 Å². The van der Waals surface area contributed by atoms with Crippen LogP contribution in [0.3, 0.4) is 0 Å². The maximum atomic E-state index is 10.5. The van der Waals surface area contributed by atoms with Gasteiger partial charge in [0.1, 0.15) is 11.8 Å². The number of hydrogen-bond donors (Lipinski definition) is 1. The zero-order valence-corrected chi connectivity index (χ0v) is 9.29. The van der Waals surface area contributed by atoms with Crippen molar-refractivity contribution in [3.63, 3.8) is 0 Å².